The third-order valence-corrected chi connectivity index (χ3v) is 3.88. The Bertz CT molecular complexity index is 528. The van der Waals surface area contributed by atoms with Crippen LogP contribution in [0, 0.1) is 0 Å². The summed E-state index contributed by atoms with van der Waals surface area (Å²) >= 11 is 3.47. The van der Waals surface area contributed by atoms with Crippen molar-refractivity contribution in [2.75, 3.05) is 18.5 Å². The maximum atomic E-state index is 5.81. The summed E-state index contributed by atoms with van der Waals surface area (Å²) in [5.74, 6) is 1.90. The Balaban J connectivity index is 1.60. The van der Waals surface area contributed by atoms with Gasteiger partial charge in [0.1, 0.15) is 11.5 Å². The summed E-state index contributed by atoms with van der Waals surface area (Å²) in [5, 5.41) is 1.04. The normalized spacial score (nSPS) is 10.4. The fraction of sp³-hybridized carbons (Fsp3) is 0.368. The molecule has 0 spiro atoms. The standard InChI is InChI=1S/C19H23BrO2/c20-13-7-9-17-8-6-12-19(16-17)22-15-5-4-14-21-18-10-2-1-3-11-18/h1-3,6,8,10-12,16H,4-5,7,9,13-15H2. The third kappa shape index (κ3) is 6.52. The van der Waals surface area contributed by atoms with Gasteiger partial charge in [0.2, 0.25) is 0 Å². The molecule has 0 aromatic heterocycles. The van der Waals surface area contributed by atoms with E-state index in [0.29, 0.717) is 0 Å². The van der Waals surface area contributed by atoms with Crippen molar-refractivity contribution < 1.29 is 9.47 Å². The molecule has 2 rings (SSSR count). The van der Waals surface area contributed by atoms with E-state index in [-0.39, 0.29) is 0 Å². The number of halogens is 1. The van der Waals surface area contributed by atoms with Crippen LogP contribution in [-0.4, -0.2) is 18.5 Å². The first-order chi connectivity index (χ1) is 10.9. The molecule has 118 valence electrons. The van der Waals surface area contributed by atoms with Gasteiger partial charge < -0.3 is 9.47 Å². The van der Waals surface area contributed by atoms with Crippen molar-refractivity contribution in [2.24, 2.45) is 0 Å². The van der Waals surface area contributed by atoms with Crippen LogP contribution in [0.1, 0.15) is 24.8 Å². The van der Waals surface area contributed by atoms with Gasteiger partial charge in [-0.25, -0.2) is 0 Å². The molecule has 0 fully saturated rings. The number of hydrogen-bond donors (Lipinski definition) is 0. The largest absolute Gasteiger partial charge is 0.494 e. The van der Waals surface area contributed by atoms with Crippen LogP contribution in [0.25, 0.3) is 0 Å². The molecular weight excluding hydrogens is 340 g/mol. The molecule has 22 heavy (non-hydrogen) atoms. The van der Waals surface area contributed by atoms with Gasteiger partial charge in [-0.1, -0.05) is 46.3 Å². The minimum Gasteiger partial charge on any atom is -0.494 e. The molecule has 0 aliphatic rings. The molecule has 3 heteroatoms. The molecule has 0 radical (unpaired) electrons. The summed E-state index contributed by atoms with van der Waals surface area (Å²) in [5.41, 5.74) is 1.34. The Kier molecular flexibility index (Phi) is 7.89. The quantitative estimate of drug-likeness (QED) is 0.424. The maximum Gasteiger partial charge on any atom is 0.119 e. The second kappa shape index (κ2) is 10.3. The van der Waals surface area contributed by atoms with E-state index >= 15 is 0 Å². The van der Waals surface area contributed by atoms with Gasteiger partial charge in [0.05, 0.1) is 13.2 Å². The number of alkyl halides is 1. The molecule has 0 atom stereocenters. The van der Waals surface area contributed by atoms with Crippen LogP contribution < -0.4 is 9.47 Å². The Morgan fingerprint density at radius 3 is 2.14 bits per heavy atom. The van der Waals surface area contributed by atoms with Crippen LogP contribution in [-0.2, 0) is 6.42 Å². The first kappa shape index (κ1) is 16.9. The number of rotatable bonds is 10. The van der Waals surface area contributed by atoms with Gasteiger partial charge in [0.25, 0.3) is 0 Å². The van der Waals surface area contributed by atoms with E-state index in [1.54, 1.807) is 0 Å². The second-order valence-corrected chi connectivity index (χ2v) is 5.95. The van der Waals surface area contributed by atoms with Gasteiger partial charge in [-0.05, 0) is 55.5 Å². The third-order valence-electron chi connectivity index (χ3n) is 3.32. The van der Waals surface area contributed by atoms with E-state index in [9.17, 15) is 0 Å². The Morgan fingerprint density at radius 1 is 0.727 bits per heavy atom. The molecule has 0 bridgehead atoms. The number of para-hydroxylation sites is 1. The number of benzene rings is 2. The van der Waals surface area contributed by atoms with Crippen molar-refractivity contribution in [3.05, 3.63) is 60.2 Å². The molecule has 0 N–H and O–H groups in total. The SMILES string of the molecule is BrCCCc1cccc(OCCCCOc2ccccc2)c1. The van der Waals surface area contributed by atoms with Crippen molar-refractivity contribution in [1.82, 2.24) is 0 Å². The topological polar surface area (TPSA) is 18.5 Å². The van der Waals surface area contributed by atoms with Crippen LogP contribution in [0.3, 0.4) is 0 Å². The van der Waals surface area contributed by atoms with Crippen LogP contribution >= 0.6 is 15.9 Å². The molecular formula is C19H23BrO2. The zero-order valence-corrected chi connectivity index (χ0v) is 14.4. The Labute approximate surface area is 141 Å². The first-order valence-corrected chi connectivity index (χ1v) is 8.96. The minimum atomic E-state index is 0.735. The fourth-order valence-electron chi connectivity index (χ4n) is 2.16. The van der Waals surface area contributed by atoms with E-state index < -0.39 is 0 Å². The van der Waals surface area contributed by atoms with Gasteiger partial charge in [0, 0.05) is 5.33 Å². The lowest BCUT2D eigenvalue weighted by molar-refractivity contribution is 0.266. The van der Waals surface area contributed by atoms with E-state index in [0.717, 1.165) is 55.7 Å². The molecule has 0 heterocycles. The summed E-state index contributed by atoms with van der Waals surface area (Å²) in [6, 6.07) is 18.3. The fourth-order valence-corrected chi connectivity index (χ4v) is 2.44. The Hall–Kier alpha value is -1.48. The second-order valence-electron chi connectivity index (χ2n) is 5.16. The lowest BCUT2D eigenvalue weighted by Gasteiger charge is -2.09. The summed E-state index contributed by atoms with van der Waals surface area (Å²) in [6.45, 7) is 1.47. The minimum absolute atomic E-state index is 0.735. The van der Waals surface area contributed by atoms with Crippen molar-refractivity contribution in [3.8, 4) is 11.5 Å². The maximum absolute atomic E-state index is 5.81. The summed E-state index contributed by atoms with van der Waals surface area (Å²) < 4.78 is 11.5. The average Bonchev–Trinajstić information content (AvgIpc) is 2.57. The van der Waals surface area contributed by atoms with E-state index in [2.05, 4.69) is 34.1 Å². The number of unbranched alkanes of at least 4 members (excludes halogenated alkanes) is 1. The van der Waals surface area contributed by atoms with E-state index in [1.165, 1.54) is 5.56 Å². The summed E-state index contributed by atoms with van der Waals surface area (Å²) in [4.78, 5) is 0. The zero-order chi connectivity index (χ0) is 15.5. The number of aryl methyl sites for hydroxylation is 1. The molecule has 0 unspecified atom stereocenters. The highest BCUT2D eigenvalue weighted by Gasteiger charge is 1.98. The van der Waals surface area contributed by atoms with Gasteiger partial charge in [-0.3, -0.25) is 0 Å². The predicted octanol–water partition coefficient (Wildman–Crippen LogP) is 5.25. The van der Waals surface area contributed by atoms with Crippen molar-refractivity contribution in [1.29, 1.82) is 0 Å². The van der Waals surface area contributed by atoms with Crippen LogP contribution in [0.5, 0.6) is 11.5 Å². The van der Waals surface area contributed by atoms with E-state index in [1.807, 2.05) is 36.4 Å². The highest BCUT2D eigenvalue weighted by atomic mass is 79.9. The molecule has 2 nitrogen and oxygen atoms in total. The highest BCUT2D eigenvalue weighted by Crippen LogP contribution is 2.15. The average molecular weight is 363 g/mol. The lowest BCUT2D eigenvalue weighted by Crippen LogP contribution is -2.02. The summed E-state index contributed by atoms with van der Waals surface area (Å²) in [6.07, 6.45) is 4.24. The van der Waals surface area contributed by atoms with Gasteiger partial charge >= 0.3 is 0 Å². The summed E-state index contributed by atoms with van der Waals surface area (Å²) in [7, 11) is 0. The van der Waals surface area contributed by atoms with Crippen LogP contribution in [0.2, 0.25) is 0 Å². The molecule has 0 aliphatic carbocycles. The first-order valence-electron chi connectivity index (χ1n) is 7.84. The van der Waals surface area contributed by atoms with Gasteiger partial charge in [-0.2, -0.15) is 0 Å². The monoisotopic (exact) mass is 362 g/mol. The van der Waals surface area contributed by atoms with Crippen LogP contribution in [0.15, 0.2) is 54.6 Å². The van der Waals surface area contributed by atoms with Gasteiger partial charge in [-0.15, -0.1) is 0 Å². The van der Waals surface area contributed by atoms with Crippen molar-refractivity contribution in [3.63, 3.8) is 0 Å². The van der Waals surface area contributed by atoms with Crippen LogP contribution in [0.4, 0.5) is 0 Å². The smallest absolute Gasteiger partial charge is 0.119 e. The highest BCUT2D eigenvalue weighted by molar-refractivity contribution is 9.09. The van der Waals surface area contributed by atoms with E-state index in [4.69, 9.17) is 9.47 Å². The number of hydrogen-bond acceptors (Lipinski definition) is 2. The van der Waals surface area contributed by atoms with Crippen molar-refractivity contribution >= 4 is 15.9 Å². The molecule has 2 aromatic rings. The molecule has 0 saturated carbocycles. The molecule has 0 amide bonds. The molecule has 2 aromatic carbocycles. The van der Waals surface area contributed by atoms with Crippen molar-refractivity contribution in [2.45, 2.75) is 25.7 Å². The van der Waals surface area contributed by atoms with Gasteiger partial charge in [0.15, 0.2) is 0 Å². The predicted molar refractivity (Wildman–Crippen MR) is 95.2 cm³/mol. The number of ether oxygens (including phenoxy) is 2. The Morgan fingerprint density at radius 2 is 1.41 bits per heavy atom. The molecule has 0 saturated heterocycles. The zero-order valence-electron chi connectivity index (χ0n) is 12.8. The lowest BCUT2D eigenvalue weighted by atomic mass is 10.1. The molecule has 0 aliphatic heterocycles.